The van der Waals surface area contributed by atoms with Crippen molar-refractivity contribution < 1.29 is 9.50 Å². The van der Waals surface area contributed by atoms with Crippen LogP contribution in [-0.2, 0) is 0 Å². The molecule has 1 aliphatic rings. The van der Waals surface area contributed by atoms with Crippen molar-refractivity contribution in [2.75, 3.05) is 0 Å². The molecule has 0 aliphatic heterocycles. The fraction of sp³-hybridized carbons (Fsp3) is 0.538. The quantitative estimate of drug-likeness (QED) is 0.821. The van der Waals surface area contributed by atoms with Gasteiger partial charge in [0.25, 0.3) is 0 Å². The lowest BCUT2D eigenvalue weighted by Gasteiger charge is -2.35. The minimum absolute atomic E-state index is 0.0544. The number of rotatable bonds is 4. The maximum absolute atomic E-state index is 13.6. The van der Waals surface area contributed by atoms with Crippen LogP contribution in [0.15, 0.2) is 24.3 Å². The maximum atomic E-state index is 13.6. The fourth-order valence-corrected chi connectivity index (χ4v) is 2.19. The Morgan fingerprint density at radius 2 is 2.12 bits per heavy atom. The second-order valence-electron chi connectivity index (χ2n) is 4.47. The average Bonchev–Trinajstić information content (AvgIpc) is 2.24. The second-order valence-corrected chi connectivity index (χ2v) is 4.47. The van der Waals surface area contributed by atoms with E-state index in [1.54, 1.807) is 6.07 Å². The van der Waals surface area contributed by atoms with Crippen LogP contribution in [0.25, 0.3) is 0 Å². The molecule has 1 aromatic carbocycles. The zero-order chi connectivity index (χ0) is 11.5. The van der Waals surface area contributed by atoms with Gasteiger partial charge < -0.3 is 10.4 Å². The monoisotopic (exact) mass is 223 g/mol. The Morgan fingerprint density at radius 3 is 2.69 bits per heavy atom. The molecule has 2 nitrogen and oxygen atoms in total. The van der Waals surface area contributed by atoms with Gasteiger partial charge in [0, 0.05) is 17.6 Å². The third-order valence-corrected chi connectivity index (χ3v) is 3.24. The molecule has 1 aliphatic carbocycles. The van der Waals surface area contributed by atoms with Crippen molar-refractivity contribution >= 4 is 0 Å². The predicted octanol–water partition coefficient (Wildman–Crippen LogP) is 2.39. The summed E-state index contributed by atoms with van der Waals surface area (Å²) >= 11 is 0. The van der Waals surface area contributed by atoms with Crippen molar-refractivity contribution in [1.29, 1.82) is 0 Å². The Bertz CT molecular complexity index is 350. The maximum Gasteiger partial charge on any atom is 0.127 e. The molecule has 2 N–H and O–H groups in total. The standard InChI is InChI=1S/C13H18FNO/c1-2-13(15-9-7-10(16)8-9)11-5-3-4-6-12(11)14/h3-6,9-10,13,15-16H,2,7-8H2,1H3. The van der Waals surface area contributed by atoms with Gasteiger partial charge in [-0.15, -0.1) is 0 Å². The van der Waals surface area contributed by atoms with Gasteiger partial charge in [-0.3, -0.25) is 0 Å². The highest BCUT2D eigenvalue weighted by molar-refractivity contribution is 5.21. The van der Waals surface area contributed by atoms with Gasteiger partial charge in [-0.1, -0.05) is 25.1 Å². The molecule has 1 fully saturated rings. The minimum atomic E-state index is -0.171. The number of benzene rings is 1. The highest BCUT2D eigenvalue weighted by Gasteiger charge is 2.29. The van der Waals surface area contributed by atoms with E-state index in [4.69, 9.17) is 0 Å². The van der Waals surface area contributed by atoms with Crippen LogP contribution in [0.4, 0.5) is 4.39 Å². The van der Waals surface area contributed by atoms with Gasteiger partial charge in [0.05, 0.1) is 6.10 Å². The Kier molecular flexibility index (Phi) is 3.56. The first-order valence-electron chi connectivity index (χ1n) is 5.89. The Labute approximate surface area is 95.5 Å². The summed E-state index contributed by atoms with van der Waals surface area (Å²) in [5.41, 5.74) is 0.728. The van der Waals surface area contributed by atoms with Crippen LogP contribution in [0.2, 0.25) is 0 Å². The van der Waals surface area contributed by atoms with E-state index < -0.39 is 0 Å². The summed E-state index contributed by atoms with van der Waals surface area (Å²) in [6.07, 6.45) is 2.25. The molecule has 1 saturated carbocycles. The fourth-order valence-electron chi connectivity index (χ4n) is 2.19. The van der Waals surface area contributed by atoms with Crippen LogP contribution in [0, 0.1) is 5.82 Å². The third-order valence-electron chi connectivity index (χ3n) is 3.24. The van der Waals surface area contributed by atoms with Gasteiger partial charge in [-0.2, -0.15) is 0 Å². The first-order chi connectivity index (χ1) is 7.70. The molecule has 0 bridgehead atoms. The van der Waals surface area contributed by atoms with Crippen molar-refractivity contribution in [3.63, 3.8) is 0 Å². The summed E-state index contributed by atoms with van der Waals surface area (Å²) in [5.74, 6) is -0.151. The molecule has 0 amide bonds. The molecule has 88 valence electrons. The van der Waals surface area contributed by atoms with Crippen molar-refractivity contribution in [1.82, 2.24) is 5.32 Å². The summed E-state index contributed by atoms with van der Waals surface area (Å²) in [7, 11) is 0. The van der Waals surface area contributed by atoms with Gasteiger partial charge in [0.2, 0.25) is 0 Å². The zero-order valence-corrected chi connectivity index (χ0v) is 9.49. The average molecular weight is 223 g/mol. The smallest absolute Gasteiger partial charge is 0.127 e. The first kappa shape index (κ1) is 11.6. The van der Waals surface area contributed by atoms with E-state index in [1.165, 1.54) is 6.07 Å². The van der Waals surface area contributed by atoms with Crippen LogP contribution < -0.4 is 5.32 Å². The van der Waals surface area contributed by atoms with Gasteiger partial charge in [0.1, 0.15) is 5.82 Å². The van der Waals surface area contributed by atoms with Gasteiger partial charge in [-0.25, -0.2) is 4.39 Å². The number of aliphatic hydroxyl groups excluding tert-OH is 1. The summed E-state index contributed by atoms with van der Waals surface area (Å²) < 4.78 is 13.6. The van der Waals surface area contributed by atoms with Crippen LogP contribution in [0.1, 0.15) is 37.8 Å². The first-order valence-corrected chi connectivity index (χ1v) is 5.89. The Morgan fingerprint density at radius 1 is 1.44 bits per heavy atom. The highest BCUT2D eigenvalue weighted by atomic mass is 19.1. The van der Waals surface area contributed by atoms with Crippen molar-refractivity contribution in [2.45, 2.75) is 44.4 Å². The lowest BCUT2D eigenvalue weighted by Crippen LogP contribution is -2.45. The molecule has 16 heavy (non-hydrogen) atoms. The van der Waals surface area contributed by atoms with E-state index >= 15 is 0 Å². The van der Waals surface area contributed by atoms with Crippen molar-refractivity contribution in [2.24, 2.45) is 0 Å². The molecule has 0 spiro atoms. The molecular formula is C13H18FNO. The Balaban J connectivity index is 2.02. The van der Waals surface area contributed by atoms with Crippen molar-refractivity contribution in [3.8, 4) is 0 Å². The van der Waals surface area contributed by atoms with E-state index in [-0.39, 0.29) is 18.0 Å². The van der Waals surface area contributed by atoms with Crippen LogP contribution in [-0.4, -0.2) is 17.3 Å². The van der Waals surface area contributed by atoms with Crippen molar-refractivity contribution in [3.05, 3.63) is 35.6 Å². The lowest BCUT2D eigenvalue weighted by atomic mass is 9.88. The van der Waals surface area contributed by atoms with Gasteiger partial charge in [-0.05, 0) is 25.3 Å². The number of hydrogen-bond acceptors (Lipinski definition) is 2. The summed E-state index contributed by atoms with van der Waals surface area (Å²) in [5, 5.41) is 12.6. The van der Waals surface area contributed by atoms with E-state index in [2.05, 4.69) is 5.32 Å². The van der Waals surface area contributed by atoms with E-state index in [1.807, 2.05) is 19.1 Å². The molecule has 0 heterocycles. The van der Waals surface area contributed by atoms with Crippen LogP contribution >= 0.6 is 0 Å². The summed E-state index contributed by atoms with van der Waals surface area (Å²) in [4.78, 5) is 0. The SMILES string of the molecule is CCC(NC1CC(O)C1)c1ccccc1F. The molecule has 1 aromatic rings. The zero-order valence-electron chi connectivity index (χ0n) is 9.49. The molecular weight excluding hydrogens is 205 g/mol. The third kappa shape index (κ3) is 2.42. The summed E-state index contributed by atoms with van der Waals surface area (Å²) in [6.45, 7) is 2.04. The van der Waals surface area contributed by atoms with E-state index in [9.17, 15) is 9.50 Å². The molecule has 0 saturated heterocycles. The van der Waals surface area contributed by atoms with Gasteiger partial charge >= 0.3 is 0 Å². The van der Waals surface area contributed by atoms with E-state index in [0.29, 0.717) is 6.04 Å². The molecule has 1 unspecified atom stereocenters. The number of nitrogens with one attached hydrogen (secondary N) is 1. The van der Waals surface area contributed by atoms with Crippen LogP contribution in [0.3, 0.4) is 0 Å². The normalized spacial score (nSPS) is 26.2. The van der Waals surface area contributed by atoms with Gasteiger partial charge in [0.15, 0.2) is 0 Å². The molecule has 2 rings (SSSR count). The van der Waals surface area contributed by atoms with E-state index in [0.717, 1.165) is 24.8 Å². The molecule has 3 heteroatoms. The minimum Gasteiger partial charge on any atom is -0.393 e. The lowest BCUT2D eigenvalue weighted by molar-refractivity contribution is 0.0572. The highest BCUT2D eigenvalue weighted by Crippen LogP contribution is 2.26. The Hall–Kier alpha value is -0.930. The second kappa shape index (κ2) is 4.93. The molecule has 0 aromatic heterocycles. The largest absolute Gasteiger partial charge is 0.393 e. The topological polar surface area (TPSA) is 32.3 Å². The predicted molar refractivity (Wildman–Crippen MR) is 61.6 cm³/mol. The number of halogens is 1. The molecule has 0 radical (unpaired) electrons. The van der Waals surface area contributed by atoms with Crippen LogP contribution in [0.5, 0.6) is 0 Å². The number of hydrogen-bond donors (Lipinski definition) is 2. The number of aliphatic hydroxyl groups is 1. The molecule has 1 atom stereocenters. The summed E-state index contributed by atoms with van der Waals surface area (Å²) in [6, 6.07) is 7.27.